The SMILES string of the molecule is COc1ccc(NC(=S)N(Cc2cccnc2)Cc2ccccc2F)cc1. The first-order valence-corrected chi connectivity index (χ1v) is 8.89. The van der Waals surface area contributed by atoms with E-state index >= 15 is 0 Å². The van der Waals surface area contributed by atoms with Crippen LogP contribution in [0.1, 0.15) is 11.1 Å². The maximum Gasteiger partial charge on any atom is 0.174 e. The quantitative estimate of drug-likeness (QED) is 0.630. The van der Waals surface area contributed by atoms with Crippen LogP contribution in [0, 0.1) is 5.82 Å². The van der Waals surface area contributed by atoms with Crippen LogP contribution in [-0.4, -0.2) is 22.1 Å². The van der Waals surface area contributed by atoms with Crippen LogP contribution in [0.4, 0.5) is 10.1 Å². The Kier molecular flexibility index (Phi) is 6.33. The number of hydrogen-bond acceptors (Lipinski definition) is 3. The first kappa shape index (κ1) is 18.8. The van der Waals surface area contributed by atoms with Gasteiger partial charge in [0.05, 0.1) is 7.11 Å². The van der Waals surface area contributed by atoms with Crippen LogP contribution in [0.25, 0.3) is 0 Å². The van der Waals surface area contributed by atoms with Crippen LogP contribution in [0.15, 0.2) is 73.1 Å². The van der Waals surface area contributed by atoms with Gasteiger partial charge < -0.3 is 15.0 Å². The molecule has 6 heteroatoms. The normalized spacial score (nSPS) is 10.3. The molecule has 27 heavy (non-hydrogen) atoms. The van der Waals surface area contributed by atoms with Gasteiger partial charge in [-0.2, -0.15) is 0 Å². The van der Waals surface area contributed by atoms with E-state index in [2.05, 4.69) is 10.3 Å². The number of halogens is 1. The molecule has 1 heterocycles. The Morgan fingerprint density at radius 2 is 1.85 bits per heavy atom. The molecular formula is C21H20FN3OS. The zero-order valence-electron chi connectivity index (χ0n) is 14.9. The van der Waals surface area contributed by atoms with Gasteiger partial charge in [-0.15, -0.1) is 0 Å². The van der Waals surface area contributed by atoms with Crippen molar-refractivity contribution in [3.8, 4) is 5.75 Å². The van der Waals surface area contributed by atoms with Gasteiger partial charge in [0.1, 0.15) is 11.6 Å². The lowest BCUT2D eigenvalue weighted by molar-refractivity contribution is 0.402. The predicted molar refractivity (Wildman–Crippen MR) is 109 cm³/mol. The molecule has 0 atom stereocenters. The van der Waals surface area contributed by atoms with E-state index in [1.807, 2.05) is 47.4 Å². The Bertz CT molecular complexity index is 887. The molecule has 0 spiro atoms. The molecule has 4 nitrogen and oxygen atoms in total. The standard InChI is InChI=1S/C21H20FN3OS/c1-26-19-10-8-18(9-11-19)24-21(27)25(14-16-5-4-12-23-13-16)15-17-6-2-3-7-20(17)22/h2-13H,14-15H2,1H3,(H,24,27). The molecule has 0 saturated carbocycles. The van der Waals surface area contributed by atoms with Crippen molar-refractivity contribution >= 4 is 23.0 Å². The Morgan fingerprint density at radius 3 is 2.52 bits per heavy atom. The topological polar surface area (TPSA) is 37.4 Å². The number of nitrogens with one attached hydrogen (secondary N) is 1. The molecule has 0 saturated heterocycles. The molecule has 0 aliphatic carbocycles. The predicted octanol–water partition coefficient (Wildman–Crippen LogP) is 4.63. The van der Waals surface area contributed by atoms with Gasteiger partial charge in [0, 0.05) is 36.7 Å². The van der Waals surface area contributed by atoms with E-state index in [0.29, 0.717) is 23.8 Å². The highest BCUT2D eigenvalue weighted by Gasteiger charge is 2.14. The van der Waals surface area contributed by atoms with Crippen molar-refractivity contribution < 1.29 is 9.13 Å². The maximum absolute atomic E-state index is 14.1. The number of benzene rings is 2. The van der Waals surface area contributed by atoms with E-state index < -0.39 is 0 Å². The Balaban J connectivity index is 1.79. The van der Waals surface area contributed by atoms with Crippen molar-refractivity contribution in [3.05, 3.63) is 90.0 Å². The van der Waals surface area contributed by atoms with E-state index in [9.17, 15) is 4.39 Å². The summed E-state index contributed by atoms with van der Waals surface area (Å²) in [6.07, 6.45) is 3.50. The fourth-order valence-electron chi connectivity index (χ4n) is 2.62. The molecule has 3 aromatic rings. The smallest absolute Gasteiger partial charge is 0.174 e. The van der Waals surface area contributed by atoms with E-state index in [0.717, 1.165) is 17.0 Å². The van der Waals surface area contributed by atoms with Gasteiger partial charge in [-0.25, -0.2) is 4.39 Å². The van der Waals surface area contributed by atoms with Crippen LogP contribution in [0.5, 0.6) is 5.75 Å². The van der Waals surface area contributed by atoms with Gasteiger partial charge in [-0.05, 0) is 54.2 Å². The largest absolute Gasteiger partial charge is 0.497 e. The third-order valence-electron chi connectivity index (χ3n) is 4.04. The second-order valence-corrected chi connectivity index (χ2v) is 6.35. The van der Waals surface area contributed by atoms with Gasteiger partial charge >= 0.3 is 0 Å². The van der Waals surface area contributed by atoms with Crippen molar-refractivity contribution in [2.24, 2.45) is 0 Å². The number of hydrogen-bond donors (Lipinski definition) is 1. The number of anilines is 1. The lowest BCUT2D eigenvalue weighted by Crippen LogP contribution is -2.34. The van der Waals surface area contributed by atoms with E-state index in [1.54, 1.807) is 31.6 Å². The lowest BCUT2D eigenvalue weighted by atomic mass is 10.2. The zero-order chi connectivity index (χ0) is 19.1. The van der Waals surface area contributed by atoms with Gasteiger partial charge in [0.25, 0.3) is 0 Å². The van der Waals surface area contributed by atoms with Crippen molar-refractivity contribution in [2.75, 3.05) is 12.4 Å². The Hall–Kier alpha value is -2.99. The number of thiocarbonyl (C=S) groups is 1. The third kappa shape index (κ3) is 5.24. The molecule has 0 aliphatic heterocycles. The molecule has 0 bridgehead atoms. The number of rotatable bonds is 6. The summed E-state index contributed by atoms with van der Waals surface area (Å²) in [6.45, 7) is 0.869. The molecule has 1 aromatic heterocycles. The molecule has 138 valence electrons. The summed E-state index contributed by atoms with van der Waals surface area (Å²) in [4.78, 5) is 6.06. The average Bonchev–Trinajstić information content (AvgIpc) is 2.70. The van der Waals surface area contributed by atoms with Crippen molar-refractivity contribution in [3.63, 3.8) is 0 Å². The van der Waals surface area contributed by atoms with Crippen LogP contribution in [0.3, 0.4) is 0 Å². The summed E-state index contributed by atoms with van der Waals surface area (Å²) in [5.41, 5.74) is 2.42. The lowest BCUT2D eigenvalue weighted by Gasteiger charge is -2.26. The van der Waals surface area contributed by atoms with E-state index in [4.69, 9.17) is 17.0 Å². The van der Waals surface area contributed by atoms with Gasteiger partial charge in [-0.3, -0.25) is 4.98 Å². The molecular weight excluding hydrogens is 361 g/mol. The highest BCUT2D eigenvalue weighted by atomic mass is 32.1. The van der Waals surface area contributed by atoms with Gasteiger partial charge in [-0.1, -0.05) is 24.3 Å². The van der Waals surface area contributed by atoms with Crippen LogP contribution >= 0.6 is 12.2 Å². The third-order valence-corrected chi connectivity index (χ3v) is 4.40. The number of nitrogens with zero attached hydrogens (tertiary/aromatic N) is 2. The summed E-state index contributed by atoms with van der Waals surface area (Å²) < 4.78 is 19.3. The summed E-state index contributed by atoms with van der Waals surface area (Å²) in [5, 5.41) is 3.72. The highest BCUT2D eigenvalue weighted by molar-refractivity contribution is 7.80. The fraction of sp³-hybridized carbons (Fsp3) is 0.143. The fourth-order valence-corrected chi connectivity index (χ4v) is 2.87. The maximum atomic E-state index is 14.1. The summed E-state index contributed by atoms with van der Waals surface area (Å²) >= 11 is 5.60. The minimum absolute atomic E-state index is 0.249. The summed E-state index contributed by atoms with van der Waals surface area (Å²) in [5.74, 6) is 0.519. The Labute approximate surface area is 163 Å². The molecule has 0 amide bonds. The first-order chi connectivity index (χ1) is 13.2. The molecule has 1 N–H and O–H groups in total. The molecule has 3 rings (SSSR count). The molecule has 0 fully saturated rings. The zero-order valence-corrected chi connectivity index (χ0v) is 15.7. The number of ether oxygens (including phenoxy) is 1. The van der Waals surface area contributed by atoms with E-state index in [-0.39, 0.29) is 5.82 Å². The number of pyridine rings is 1. The van der Waals surface area contributed by atoms with Crippen LogP contribution in [0.2, 0.25) is 0 Å². The number of methoxy groups -OCH3 is 1. The molecule has 2 aromatic carbocycles. The summed E-state index contributed by atoms with van der Waals surface area (Å²) in [7, 11) is 1.62. The average molecular weight is 381 g/mol. The molecule has 0 radical (unpaired) electrons. The van der Waals surface area contributed by atoms with Crippen LogP contribution in [-0.2, 0) is 13.1 Å². The monoisotopic (exact) mass is 381 g/mol. The Morgan fingerprint density at radius 1 is 1.07 bits per heavy atom. The number of aromatic nitrogens is 1. The molecule has 0 unspecified atom stereocenters. The minimum atomic E-state index is -0.249. The second-order valence-electron chi connectivity index (χ2n) is 5.97. The molecule has 0 aliphatic rings. The van der Waals surface area contributed by atoms with E-state index in [1.165, 1.54) is 6.07 Å². The van der Waals surface area contributed by atoms with Gasteiger partial charge in [0.15, 0.2) is 5.11 Å². The van der Waals surface area contributed by atoms with Crippen molar-refractivity contribution in [1.82, 2.24) is 9.88 Å². The minimum Gasteiger partial charge on any atom is -0.497 e. The van der Waals surface area contributed by atoms with Crippen molar-refractivity contribution in [1.29, 1.82) is 0 Å². The van der Waals surface area contributed by atoms with Gasteiger partial charge in [0.2, 0.25) is 0 Å². The summed E-state index contributed by atoms with van der Waals surface area (Å²) in [6, 6.07) is 18.0. The first-order valence-electron chi connectivity index (χ1n) is 8.48. The van der Waals surface area contributed by atoms with Crippen LogP contribution < -0.4 is 10.1 Å². The van der Waals surface area contributed by atoms with Crippen molar-refractivity contribution in [2.45, 2.75) is 13.1 Å². The highest BCUT2D eigenvalue weighted by Crippen LogP contribution is 2.18. The second kappa shape index (κ2) is 9.09.